The average molecular weight is 342 g/mol. The predicted octanol–water partition coefficient (Wildman–Crippen LogP) is 4.02. The van der Waals surface area contributed by atoms with Gasteiger partial charge >= 0.3 is 5.97 Å². The summed E-state index contributed by atoms with van der Waals surface area (Å²) in [5.74, 6) is 1.34. The topological polar surface area (TPSA) is 67.4 Å². The number of carbonyl (C=O) groups excluding carboxylic acids is 1. The maximum atomic E-state index is 11.7. The molecule has 1 aromatic carbocycles. The van der Waals surface area contributed by atoms with Crippen molar-refractivity contribution < 1.29 is 9.53 Å². The van der Waals surface area contributed by atoms with Crippen molar-refractivity contribution in [3.63, 3.8) is 0 Å². The first-order valence-corrected chi connectivity index (χ1v) is 8.79. The van der Waals surface area contributed by atoms with Crippen molar-refractivity contribution in [1.82, 2.24) is 9.97 Å². The van der Waals surface area contributed by atoms with Crippen LogP contribution in [0.5, 0.6) is 0 Å². The Hall–Kier alpha value is -2.63. The number of esters is 1. The SMILES string of the molecule is CCCN(CCC)c1cc(Nc2ccc(C(=O)OCC)cc2)ncn1. The van der Waals surface area contributed by atoms with Gasteiger partial charge in [-0.15, -0.1) is 0 Å². The summed E-state index contributed by atoms with van der Waals surface area (Å²) in [5, 5.41) is 3.25. The highest BCUT2D eigenvalue weighted by Gasteiger charge is 2.09. The lowest BCUT2D eigenvalue weighted by Gasteiger charge is -2.22. The minimum Gasteiger partial charge on any atom is -0.462 e. The molecule has 25 heavy (non-hydrogen) atoms. The maximum absolute atomic E-state index is 11.7. The first kappa shape index (κ1) is 18.7. The molecule has 0 spiro atoms. The van der Waals surface area contributed by atoms with Crippen LogP contribution in [0.1, 0.15) is 44.0 Å². The zero-order chi connectivity index (χ0) is 18.1. The van der Waals surface area contributed by atoms with E-state index in [2.05, 4.69) is 34.0 Å². The van der Waals surface area contributed by atoms with E-state index < -0.39 is 0 Å². The Bertz CT molecular complexity index is 667. The van der Waals surface area contributed by atoms with Crippen LogP contribution in [0.2, 0.25) is 0 Å². The highest BCUT2D eigenvalue weighted by Crippen LogP contribution is 2.19. The molecule has 2 rings (SSSR count). The minimum atomic E-state index is -0.312. The first-order chi connectivity index (χ1) is 12.2. The Morgan fingerprint density at radius 1 is 1.08 bits per heavy atom. The lowest BCUT2D eigenvalue weighted by molar-refractivity contribution is 0.0526. The average Bonchev–Trinajstić information content (AvgIpc) is 2.62. The van der Waals surface area contributed by atoms with Gasteiger partial charge in [0, 0.05) is 24.8 Å². The van der Waals surface area contributed by atoms with Crippen molar-refractivity contribution >= 4 is 23.3 Å². The molecule has 0 amide bonds. The molecule has 1 heterocycles. The summed E-state index contributed by atoms with van der Waals surface area (Å²) in [6.07, 6.45) is 3.72. The molecular formula is C19H26N4O2. The predicted molar refractivity (Wildman–Crippen MR) is 101 cm³/mol. The molecule has 2 aromatic rings. The first-order valence-electron chi connectivity index (χ1n) is 8.79. The molecule has 0 aliphatic rings. The Morgan fingerprint density at radius 3 is 2.36 bits per heavy atom. The Kier molecular flexibility index (Phi) is 7.19. The summed E-state index contributed by atoms with van der Waals surface area (Å²) in [6.45, 7) is 8.43. The second kappa shape index (κ2) is 9.61. The van der Waals surface area contributed by atoms with Crippen LogP contribution in [-0.4, -0.2) is 35.6 Å². The fourth-order valence-electron chi connectivity index (χ4n) is 2.52. The third-order valence-electron chi connectivity index (χ3n) is 3.63. The van der Waals surface area contributed by atoms with Crippen molar-refractivity contribution in [3.8, 4) is 0 Å². The highest BCUT2D eigenvalue weighted by molar-refractivity contribution is 5.89. The number of nitrogens with one attached hydrogen (secondary N) is 1. The van der Waals surface area contributed by atoms with Gasteiger partial charge in [-0.05, 0) is 44.0 Å². The Labute approximate surface area is 149 Å². The third-order valence-corrected chi connectivity index (χ3v) is 3.63. The van der Waals surface area contributed by atoms with Crippen LogP contribution in [0.15, 0.2) is 36.7 Å². The van der Waals surface area contributed by atoms with Crippen molar-refractivity contribution in [2.45, 2.75) is 33.6 Å². The molecule has 0 aliphatic heterocycles. The second-order valence-corrected chi connectivity index (χ2v) is 5.67. The van der Waals surface area contributed by atoms with Crippen molar-refractivity contribution in [1.29, 1.82) is 0 Å². The molecular weight excluding hydrogens is 316 g/mol. The number of rotatable bonds is 9. The number of benzene rings is 1. The van der Waals surface area contributed by atoms with E-state index >= 15 is 0 Å². The van der Waals surface area contributed by atoms with E-state index in [0.717, 1.165) is 43.3 Å². The summed E-state index contributed by atoms with van der Waals surface area (Å²) < 4.78 is 4.99. The number of ether oxygens (including phenoxy) is 1. The Balaban J connectivity index is 2.09. The van der Waals surface area contributed by atoms with Gasteiger partial charge in [0.1, 0.15) is 18.0 Å². The molecule has 6 nitrogen and oxygen atoms in total. The summed E-state index contributed by atoms with van der Waals surface area (Å²) in [6, 6.07) is 9.10. The molecule has 0 radical (unpaired) electrons. The van der Waals surface area contributed by atoms with E-state index in [1.54, 1.807) is 25.4 Å². The van der Waals surface area contributed by atoms with Crippen LogP contribution in [0.25, 0.3) is 0 Å². The molecule has 0 bridgehead atoms. The van der Waals surface area contributed by atoms with Gasteiger partial charge in [0.15, 0.2) is 0 Å². The molecule has 6 heteroatoms. The second-order valence-electron chi connectivity index (χ2n) is 5.67. The van der Waals surface area contributed by atoms with Gasteiger partial charge in [-0.1, -0.05) is 13.8 Å². The van der Waals surface area contributed by atoms with Gasteiger partial charge in [-0.25, -0.2) is 14.8 Å². The van der Waals surface area contributed by atoms with Crippen LogP contribution >= 0.6 is 0 Å². The van der Waals surface area contributed by atoms with E-state index in [1.165, 1.54) is 0 Å². The van der Waals surface area contributed by atoms with E-state index in [-0.39, 0.29) is 5.97 Å². The largest absolute Gasteiger partial charge is 0.462 e. The van der Waals surface area contributed by atoms with Crippen molar-refractivity contribution in [2.24, 2.45) is 0 Å². The van der Waals surface area contributed by atoms with Crippen LogP contribution < -0.4 is 10.2 Å². The molecule has 1 N–H and O–H groups in total. The lowest BCUT2D eigenvalue weighted by atomic mass is 10.2. The number of hydrogen-bond donors (Lipinski definition) is 1. The van der Waals surface area contributed by atoms with Crippen LogP contribution in [-0.2, 0) is 4.74 Å². The van der Waals surface area contributed by atoms with Gasteiger partial charge in [-0.3, -0.25) is 0 Å². The van der Waals surface area contributed by atoms with Crippen LogP contribution in [0, 0.1) is 0 Å². The molecule has 0 atom stereocenters. The quantitative estimate of drug-likeness (QED) is 0.694. The summed E-state index contributed by atoms with van der Waals surface area (Å²) >= 11 is 0. The van der Waals surface area contributed by atoms with Gasteiger partial charge in [-0.2, -0.15) is 0 Å². The summed E-state index contributed by atoms with van der Waals surface area (Å²) in [4.78, 5) is 22.6. The van der Waals surface area contributed by atoms with Gasteiger partial charge < -0.3 is 15.0 Å². The monoisotopic (exact) mass is 342 g/mol. The van der Waals surface area contributed by atoms with E-state index in [9.17, 15) is 4.79 Å². The summed E-state index contributed by atoms with van der Waals surface area (Å²) in [7, 11) is 0. The number of nitrogens with zero attached hydrogens (tertiary/aromatic N) is 3. The molecule has 0 unspecified atom stereocenters. The van der Waals surface area contributed by atoms with Crippen molar-refractivity contribution in [2.75, 3.05) is 29.9 Å². The van der Waals surface area contributed by atoms with E-state index in [1.807, 2.05) is 18.2 Å². The molecule has 1 aromatic heterocycles. The van der Waals surface area contributed by atoms with Crippen LogP contribution in [0.4, 0.5) is 17.3 Å². The molecule has 0 saturated heterocycles. The zero-order valence-corrected chi connectivity index (χ0v) is 15.2. The smallest absolute Gasteiger partial charge is 0.338 e. The lowest BCUT2D eigenvalue weighted by Crippen LogP contribution is -2.25. The fourth-order valence-corrected chi connectivity index (χ4v) is 2.52. The standard InChI is InChI=1S/C19H26N4O2/c1-4-11-23(12-5-2)18-13-17(20-14-21-18)22-16-9-7-15(8-10-16)19(24)25-6-3/h7-10,13-14H,4-6,11-12H2,1-3H3,(H,20,21,22). The van der Waals surface area contributed by atoms with E-state index in [4.69, 9.17) is 4.74 Å². The van der Waals surface area contributed by atoms with E-state index in [0.29, 0.717) is 12.2 Å². The maximum Gasteiger partial charge on any atom is 0.338 e. The number of carbonyl (C=O) groups is 1. The number of aromatic nitrogens is 2. The minimum absolute atomic E-state index is 0.312. The summed E-state index contributed by atoms with van der Waals surface area (Å²) in [5.41, 5.74) is 1.39. The molecule has 0 aliphatic carbocycles. The molecule has 0 fully saturated rings. The number of anilines is 3. The molecule has 0 saturated carbocycles. The molecule has 134 valence electrons. The normalized spacial score (nSPS) is 10.4. The van der Waals surface area contributed by atoms with Gasteiger partial charge in [0.2, 0.25) is 0 Å². The number of hydrogen-bond acceptors (Lipinski definition) is 6. The van der Waals surface area contributed by atoms with Gasteiger partial charge in [0.05, 0.1) is 12.2 Å². The van der Waals surface area contributed by atoms with Crippen molar-refractivity contribution in [3.05, 3.63) is 42.2 Å². The Morgan fingerprint density at radius 2 is 1.76 bits per heavy atom. The zero-order valence-electron chi connectivity index (χ0n) is 15.2. The van der Waals surface area contributed by atoms with Gasteiger partial charge in [0.25, 0.3) is 0 Å². The highest BCUT2D eigenvalue weighted by atomic mass is 16.5. The third kappa shape index (κ3) is 5.45. The van der Waals surface area contributed by atoms with Crippen LogP contribution in [0.3, 0.4) is 0 Å². The fraction of sp³-hybridized carbons (Fsp3) is 0.421.